The van der Waals surface area contributed by atoms with Crippen molar-refractivity contribution in [2.24, 2.45) is 0 Å². The molecule has 0 saturated heterocycles. The van der Waals surface area contributed by atoms with Crippen LogP contribution in [0.3, 0.4) is 0 Å². The number of benzene rings is 2. The van der Waals surface area contributed by atoms with E-state index in [4.69, 9.17) is 4.74 Å². The molecule has 0 aliphatic rings. The summed E-state index contributed by atoms with van der Waals surface area (Å²) in [5, 5.41) is 2.90. The van der Waals surface area contributed by atoms with Gasteiger partial charge in [-0.05, 0) is 63.9 Å². The summed E-state index contributed by atoms with van der Waals surface area (Å²) in [5.74, 6) is -0.666. The Labute approximate surface area is 213 Å². The molecule has 0 aromatic heterocycles. The third-order valence-corrected chi connectivity index (χ3v) is 6.61. The van der Waals surface area contributed by atoms with Crippen LogP contribution in [-0.2, 0) is 26.2 Å². The number of ether oxygens (including phenoxy) is 1. The molecule has 0 aliphatic heterocycles. The number of nitrogens with one attached hydrogen (secondary N) is 1. The van der Waals surface area contributed by atoms with Crippen molar-refractivity contribution >= 4 is 27.5 Å². The molecule has 1 atom stereocenters. The Hall–Kier alpha value is -3.14. The van der Waals surface area contributed by atoms with E-state index in [0.717, 1.165) is 16.1 Å². The lowest BCUT2D eigenvalue weighted by Gasteiger charge is -2.32. The summed E-state index contributed by atoms with van der Waals surface area (Å²) in [5.41, 5.74) is 0.229. The van der Waals surface area contributed by atoms with E-state index in [0.29, 0.717) is 5.75 Å². The predicted molar refractivity (Wildman–Crippen MR) is 139 cm³/mol. The zero-order valence-electron chi connectivity index (χ0n) is 21.7. The molecule has 2 amide bonds. The van der Waals surface area contributed by atoms with Crippen LogP contribution in [0.1, 0.15) is 46.1 Å². The van der Waals surface area contributed by atoms with E-state index in [-0.39, 0.29) is 43.4 Å². The van der Waals surface area contributed by atoms with E-state index < -0.39 is 27.4 Å². The number of hydrogen-bond acceptors (Lipinski definition) is 5. The van der Waals surface area contributed by atoms with E-state index in [1.54, 1.807) is 38.3 Å². The maximum Gasteiger partial charge on any atom is 0.242 e. The average molecular weight is 522 g/mol. The van der Waals surface area contributed by atoms with Gasteiger partial charge in [-0.2, -0.15) is 0 Å². The molecule has 0 saturated carbocycles. The number of methoxy groups -OCH3 is 1. The van der Waals surface area contributed by atoms with Gasteiger partial charge in [0.05, 0.1) is 19.1 Å². The number of sulfonamides is 1. The smallest absolute Gasteiger partial charge is 0.242 e. The first-order chi connectivity index (χ1) is 16.7. The van der Waals surface area contributed by atoms with Crippen LogP contribution in [0.15, 0.2) is 48.5 Å². The molecule has 0 radical (unpaired) electrons. The summed E-state index contributed by atoms with van der Waals surface area (Å²) >= 11 is 0. The van der Waals surface area contributed by atoms with Crippen molar-refractivity contribution in [3.05, 3.63) is 59.9 Å². The van der Waals surface area contributed by atoms with Gasteiger partial charge < -0.3 is 15.0 Å². The van der Waals surface area contributed by atoms with E-state index in [2.05, 4.69) is 5.32 Å². The summed E-state index contributed by atoms with van der Waals surface area (Å²) in [4.78, 5) is 27.7. The number of carbonyl (C=O) groups excluding carboxylic acids is 2. The second-order valence-electron chi connectivity index (χ2n) is 9.68. The lowest BCUT2D eigenvalue weighted by molar-refractivity contribution is -0.141. The van der Waals surface area contributed by atoms with Crippen molar-refractivity contribution in [3.63, 3.8) is 0 Å². The number of carbonyl (C=O) groups is 2. The molecule has 0 bridgehead atoms. The molecule has 0 unspecified atom stereocenters. The van der Waals surface area contributed by atoms with Gasteiger partial charge in [0.15, 0.2) is 0 Å². The number of nitrogens with zero attached hydrogens (tertiary/aromatic N) is 2. The van der Waals surface area contributed by atoms with Crippen LogP contribution in [0.4, 0.5) is 10.1 Å². The number of amides is 2. The molecule has 1 N–H and O–H groups in total. The Bertz CT molecular complexity index is 1160. The molecule has 0 fully saturated rings. The van der Waals surface area contributed by atoms with Crippen LogP contribution >= 0.6 is 0 Å². The van der Waals surface area contributed by atoms with Crippen LogP contribution < -0.4 is 14.4 Å². The number of anilines is 1. The molecule has 2 rings (SSSR count). The summed E-state index contributed by atoms with van der Waals surface area (Å²) in [7, 11) is -2.23. The first kappa shape index (κ1) is 29.1. The molecule has 10 heteroatoms. The predicted octanol–water partition coefficient (Wildman–Crippen LogP) is 3.71. The summed E-state index contributed by atoms with van der Waals surface area (Å²) in [6.07, 6.45) is 1.11. The summed E-state index contributed by atoms with van der Waals surface area (Å²) in [6.45, 7) is 7.30. The second-order valence-corrected chi connectivity index (χ2v) is 11.6. The quantitative estimate of drug-likeness (QED) is 0.486. The number of hydrogen-bond donors (Lipinski definition) is 1. The number of halogens is 1. The second kappa shape index (κ2) is 12.2. The minimum absolute atomic E-state index is 0.0302. The van der Waals surface area contributed by atoms with E-state index >= 15 is 0 Å². The van der Waals surface area contributed by atoms with Gasteiger partial charge in [0.2, 0.25) is 21.8 Å². The van der Waals surface area contributed by atoms with E-state index in [1.165, 1.54) is 23.1 Å². The van der Waals surface area contributed by atoms with Crippen LogP contribution in [0, 0.1) is 5.82 Å². The largest absolute Gasteiger partial charge is 0.497 e. The van der Waals surface area contributed by atoms with Crippen LogP contribution in [0.5, 0.6) is 5.75 Å². The molecule has 8 nitrogen and oxygen atoms in total. The van der Waals surface area contributed by atoms with Gasteiger partial charge in [-0.15, -0.1) is 0 Å². The molecule has 2 aromatic rings. The fourth-order valence-electron chi connectivity index (χ4n) is 3.66. The molecular weight excluding hydrogens is 485 g/mol. The fraction of sp³-hybridized carbons (Fsp3) is 0.462. The maximum atomic E-state index is 14.3. The van der Waals surface area contributed by atoms with Crippen LogP contribution in [0.25, 0.3) is 0 Å². The Kier molecular flexibility index (Phi) is 9.86. The molecular formula is C26H36FN3O5S. The van der Waals surface area contributed by atoms with Crippen LogP contribution in [0.2, 0.25) is 0 Å². The van der Waals surface area contributed by atoms with Gasteiger partial charge >= 0.3 is 0 Å². The third-order valence-electron chi connectivity index (χ3n) is 5.43. The minimum atomic E-state index is -3.77. The van der Waals surface area contributed by atoms with Gasteiger partial charge in [0.1, 0.15) is 17.6 Å². The highest BCUT2D eigenvalue weighted by Gasteiger charge is 2.29. The summed E-state index contributed by atoms with van der Waals surface area (Å²) in [6, 6.07) is 12.0. The zero-order chi connectivity index (χ0) is 27.1. The zero-order valence-corrected chi connectivity index (χ0v) is 22.6. The SMILES string of the molecule is COc1cccc(CN(C(=O)CCCN(c2ccccc2F)S(C)(=O)=O)[C@H](C)C(=O)NC(C)(C)C)c1. The van der Waals surface area contributed by atoms with Crippen molar-refractivity contribution in [2.75, 3.05) is 24.2 Å². The van der Waals surface area contributed by atoms with E-state index in [9.17, 15) is 22.4 Å². The van der Waals surface area contributed by atoms with Gasteiger partial charge in [-0.1, -0.05) is 24.3 Å². The first-order valence-corrected chi connectivity index (χ1v) is 13.5. The van der Waals surface area contributed by atoms with Crippen molar-refractivity contribution in [2.45, 2.75) is 58.7 Å². The standard InChI is InChI=1S/C26H36FN3O5S/c1-19(25(32)28-26(2,3)4)29(18-20-11-9-12-21(17-20)35-5)24(31)15-10-16-30(36(6,33)34)23-14-8-7-13-22(23)27/h7-9,11-14,17,19H,10,15-16,18H2,1-6H3,(H,28,32)/t19-/m1/s1. The van der Waals surface area contributed by atoms with E-state index in [1.807, 2.05) is 26.8 Å². The first-order valence-electron chi connectivity index (χ1n) is 11.7. The number of rotatable bonds is 11. The highest BCUT2D eigenvalue weighted by molar-refractivity contribution is 7.92. The van der Waals surface area contributed by atoms with Gasteiger partial charge in [0.25, 0.3) is 0 Å². The van der Waals surface area contributed by atoms with Crippen molar-refractivity contribution < 1.29 is 27.1 Å². The van der Waals surface area contributed by atoms with Crippen molar-refractivity contribution in [1.82, 2.24) is 10.2 Å². The highest BCUT2D eigenvalue weighted by atomic mass is 32.2. The fourth-order valence-corrected chi connectivity index (χ4v) is 4.63. The Morgan fingerprint density at radius 2 is 1.78 bits per heavy atom. The minimum Gasteiger partial charge on any atom is -0.497 e. The molecule has 2 aromatic carbocycles. The van der Waals surface area contributed by atoms with Crippen molar-refractivity contribution in [3.8, 4) is 5.75 Å². The monoisotopic (exact) mass is 521 g/mol. The Morgan fingerprint density at radius 1 is 1.11 bits per heavy atom. The maximum absolute atomic E-state index is 14.3. The third kappa shape index (κ3) is 8.51. The normalized spacial score (nSPS) is 12.5. The van der Waals surface area contributed by atoms with Gasteiger partial charge in [0, 0.05) is 25.0 Å². The Morgan fingerprint density at radius 3 is 2.36 bits per heavy atom. The molecule has 0 heterocycles. The van der Waals surface area contributed by atoms with Crippen LogP contribution in [-0.4, -0.2) is 56.6 Å². The summed E-state index contributed by atoms with van der Waals surface area (Å²) < 4.78 is 45.2. The lowest BCUT2D eigenvalue weighted by Crippen LogP contribution is -2.52. The van der Waals surface area contributed by atoms with Gasteiger partial charge in [-0.3, -0.25) is 13.9 Å². The molecule has 36 heavy (non-hydrogen) atoms. The molecule has 0 spiro atoms. The average Bonchev–Trinajstić information content (AvgIpc) is 2.78. The number of para-hydroxylation sites is 1. The Balaban J connectivity index is 2.22. The highest BCUT2D eigenvalue weighted by Crippen LogP contribution is 2.23. The van der Waals surface area contributed by atoms with Gasteiger partial charge in [-0.25, -0.2) is 12.8 Å². The topological polar surface area (TPSA) is 96.0 Å². The molecule has 0 aliphatic carbocycles. The molecule has 198 valence electrons. The van der Waals surface area contributed by atoms with Crippen molar-refractivity contribution in [1.29, 1.82) is 0 Å². The lowest BCUT2D eigenvalue weighted by atomic mass is 10.1.